The van der Waals surface area contributed by atoms with Gasteiger partial charge in [0.15, 0.2) is 0 Å². The first-order valence-corrected chi connectivity index (χ1v) is 8.54. The maximum atomic E-state index is 6.24. The molecule has 0 aromatic carbocycles. The number of anilines is 1. The molecule has 0 unspecified atom stereocenters. The molecule has 128 valence electrons. The van der Waals surface area contributed by atoms with Crippen LogP contribution in [0.1, 0.15) is 24.4 Å². The van der Waals surface area contributed by atoms with Crippen molar-refractivity contribution in [3.8, 4) is 0 Å². The second-order valence-corrected chi connectivity index (χ2v) is 6.69. The molecule has 0 saturated carbocycles. The molecular formula is C17H23N5O2. The molecule has 1 spiro atoms. The first kappa shape index (κ1) is 15.5. The van der Waals surface area contributed by atoms with Crippen molar-refractivity contribution in [2.24, 2.45) is 0 Å². The predicted molar refractivity (Wildman–Crippen MR) is 88.7 cm³/mol. The van der Waals surface area contributed by atoms with E-state index in [0.717, 1.165) is 57.9 Å². The Morgan fingerprint density at radius 2 is 2.17 bits per heavy atom. The third-order valence-corrected chi connectivity index (χ3v) is 4.76. The summed E-state index contributed by atoms with van der Waals surface area (Å²) in [5.74, 6) is 0.603. The molecule has 0 radical (unpaired) electrons. The quantitative estimate of drug-likeness (QED) is 0.848. The van der Waals surface area contributed by atoms with Gasteiger partial charge in [0.25, 0.3) is 0 Å². The van der Waals surface area contributed by atoms with Gasteiger partial charge < -0.3 is 14.1 Å². The number of hydrogen-bond acceptors (Lipinski definition) is 7. The highest BCUT2D eigenvalue weighted by molar-refractivity contribution is 5.27. The fourth-order valence-corrected chi connectivity index (χ4v) is 3.70. The van der Waals surface area contributed by atoms with Crippen molar-refractivity contribution in [1.82, 2.24) is 20.1 Å². The highest BCUT2D eigenvalue weighted by atomic mass is 16.5. The summed E-state index contributed by atoms with van der Waals surface area (Å²) in [6.07, 6.45) is 3.99. The second-order valence-electron chi connectivity index (χ2n) is 6.69. The topological polar surface area (TPSA) is 67.5 Å². The summed E-state index contributed by atoms with van der Waals surface area (Å²) < 4.78 is 11.8. The molecule has 2 aromatic rings. The second kappa shape index (κ2) is 6.49. The van der Waals surface area contributed by atoms with Crippen LogP contribution in [0.5, 0.6) is 0 Å². The van der Waals surface area contributed by atoms with Gasteiger partial charge in [-0.25, -0.2) is 0 Å². The Morgan fingerprint density at radius 1 is 1.21 bits per heavy atom. The number of nitrogens with zero attached hydrogens (tertiary/aromatic N) is 5. The monoisotopic (exact) mass is 329 g/mol. The summed E-state index contributed by atoms with van der Waals surface area (Å²) in [4.78, 5) is 9.04. The fraction of sp³-hybridized carbons (Fsp3) is 0.588. The SMILES string of the molecule is Cc1nnc(N2CCC[C@]3(CN(Cc4ccccn4)CCO3)C2)o1. The predicted octanol–water partition coefficient (Wildman–Crippen LogP) is 1.64. The fourth-order valence-electron chi connectivity index (χ4n) is 3.70. The van der Waals surface area contributed by atoms with Crippen LogP contribution in [0.15, 0.2) is 28.8 Å². The number of aryl methyl sites for hydroxylation is 1. The van der Waals surface area contributed by atoms with E-state index in [-0.39, 0.29) is 5.60 Å². The number of morpholine rings is 1. The molecule has 2 saturated heterocycles. The van der Waals surface area contributed by atoms with Gasteiger partial charge in [0, 0.05) is 39.3 Å². The molecule has 24 heavy (non-hydrogen) atoms. The molecule has 2 aliphatic rings. The van der Waals surface area contributed by atoms with Crippen molar-refractivity contribution in [3.63, 3.8) is 0 Å². The van der Waals surface area contributed by atoms with Crippen LogP contribution in [0.3, 0.4) is 0 Å². The van der Waals surface area contributed by atoms with Crippen molar-refractivity contribution in [2.45, 2.75) is 31.9 Å². The van der Waals surface area contributed by atoms with Crippen LogP contribution in [0.25, 0.3) is 0 Å². The Hall–Kier alpha value is -1.99. The van der Waals surface area contributed by atoms with Crippen LogP contribution in [-0.2, 0) is 11.3 Å². The number of piperidine rings is 1. The zero-order valence-electron chi connectivity index (χ0n) is 14.0. The lowest BCUT2D eigenvalue weighted by molar-refractivity contribution is -0.117. The third kappa shape index (κ3) is 3.27. The van der Waals surface area contributed by atoms with E-state index >= 15 is 0 Å². The van der Waals surface area contributed by atoms with Gasteiger partial charge in [-0.05, 0) is 25.0 Å². The summed E-state index contributed by atoms with van der Waals surface area (Å²) in [5.41, 5.74) is 0.947. The van der Waals surface area contributed by atoms with Gasteiger partial charge in [-0.1, -0.05) is 11.2 Å². The molecule has 7 nitrogen and oxygen atoms in total. The zero-order chi connectivity index (χ0) is 16.4. The lowest BCUT2D eigenvalue weighted by Crippen LogP contribution is -2.59. The number of pyridine rings is 1. The molecule has 4 rings (SSSR count). The maximum Gasteiger partial charge on any atom is 0.318 e. The van der Waals surface area contributed by atoms with E-state index in [4.69, 9.17) is 9.15 Å². The summed E-state index contributed by atoms with van der Waals surface area (Å²) >= 11 is 0. The van der Waals surface area contributed by atoms with Gasteiger partial charge in [-0.2, -0.15) is 0 Å². The van der Waals surface area contributed by atoms with E-state index in [2.05, 4.69) is 31.0 Å². The van der Waals surface area contributed by atoms with Crippen LogP contribution in [-0.4, -0.2) is 58.5 Å². The number of hydrogen-bond donors (Lipinski definition) is 0. The highest BCUT2D eigenvalue weighted by Crippen LogP contribution is 2.31. The Morgan fingerprint density at radius 3 is 2.96 bits per heavy atom. The minimum atomic E-state index is -0.159. The van der Waals surface area contributed by atoms with E-state index in [1.165, 1.54) is 0 Å². The molecule has 2 aliphatic heterocycles. The van der Waals surface area contributed by atoms with Gasteiger partial charge in [0.1, 0.15) is 0 Å². The normalized spacial score (nSPS) is 25.3. The van der Waals surface area contributed by atoms with Crippen molar-refractivity contribution >= 4 is 6.01 Å². The molecule has 0 bridgehead atoms. The average molecular weight is 329 g/mol. The third-order valence-electron chi connectivity index (χ3n) is 4.76. The molecule has 4 heterocycles. The van der Waals surface area contributed by atoms with Crippen molar-refractivity contribution in [2.75, 3.05) is 37.7 Å². The van der Waals surface area contributed by atoms with E-state index < -0.39 is 0 Å². The van der Waals surface area contributed by atoms with Crippen LogP contribution in [0, 0.1) is 6.92 Å². The average Bonchev–Trinajstić information content (AvgIpc) is 3.03. The van der Waals surface area contributed by atoms with E-state index in [0.29, 0.717) is 11.9 Å². The molecular weight excluding hydrogens is 306 g/mol. The Bertz CT molecular complexity index is 673. The molecule has 0 aliphatic carbocycles. The van der Waals surface area contributed by atoms with Crippen LogP contribution in [0.2, 0.25) is 0 Å². The van der Waals surface area contributed by atoms with Crippen molar-refractivity contribution < 1.29 is 9.15 Å². The van der Waals surface area contributed by atoms with Crippen LogP contribution < -0.4 is 4.90 Å². The van der Waals surface area contributed by atoms with Gasteiger partial charge in [0.2, 0.25) is 5.89 Å². The van der Waals surface area contributed by atoms with Crippen LogP contribution >= 0.6 is 0 Å². The molecule has 0 N–H and O–H groups in total. The molecule has 2 fully saturated rings. The number of rotatable bonds is 3. The highest BCUT2D eigenvalue weighted by Gasteiger charge is 2.41. The first-order chi connectivity index (χ1) is 11.7. The molecule has 0 amide bonds. The Kier molecular flexibility index (Phi) is 4.20. The zero-order valence-corrected chi connectivity index (χ0v) is 14.0. The number of aromatic nitrogens is 3. The smallest absolute Gasteiger partial charge is 0.318 e. The van der Waals surface area contributed by atoms with Gasteiger partial charge in [0.05, 0.1) is 24.4 Å². The van der Waals surface area contributed by atoms with Gasteiger partial charge in [-0.3, -0.25) is 9.88 Å². The Balaban J connectivity index is 1.45. The molecule has 1 atom stereocenters. The van der Waals surface area contributed by atoms with Gasteiger partial charge >= 0.3 is 6.01 Å². The Labute approximate surface area is 141 Å². The van der Waals surface area contributed by atoms with E-state index in [1.54, 1.807) is 0 Å². The molecule has 2 aromatic heterocycles. The van der Waals surface area contributed by atoms with Crippen LogP contribution in [0.4, 0.5) is 6.01 Å². The van der Waals surface area contributed by atoms with E-state index in [1.807, 2.05) is 25.3 Å². The lowest BCUT2D eigenvalue weighted by Gasteiger charge is -2.47. The number of ether oxygens (including phenoxy) is 1. The largest absolute Gasteiger partial charge is 0.408 e. The summed E-state index contributed by atoms with van der Waals surface area (Å²) in [6, 6.07) is 6.68. The van der Waals surface area contributed by atoms with E-state index in [9.17, 15) is 0 Å². The summed E-state index contributed by atoms with van der Waals surface area (Å²) in [5, 5.41) is 8.11. The first-order valence-electron chi connectivity index (χ1n) is 8.54. The standard InChI is InChI=1S/C17H23N5O2/c1-14-19-20-16(24-14)22-8-4-6-17(13-22)12-21(9-10-23-17)11-15-5-2-3-7-18-15/h2-3,5,7H,4,6,8-13H2,1H3/t17-/m0/s1. The maximum absolute atomic E-state index is 6.24. The van der Waals surface area contributed by atoms with Crippen molar-refractivity contribution in [1.29, 1.82) is 0 Å². The minimum Gasteiger partial charge on any atom is -0.408 e. The van der Waals surface area contributed by atoms with Gasteiger partial charge in [-0.15, -0.1) is 5.10 Å². The van der Waals surface area contributed by atoms with Crippen molar-refractivity contribution in [3.05, 3.63) is 36.0 Å². The molecule has 7 heteroatoms. The summed E-state index contributed by atoms with van der Waals surface area (Å²) in [7, 11) is 0. The lowest BCUT2D eigenvalue weighted by atomic mass is 9.91. The summed E-state index contributed by atoms with van der Waals surface area (Å²) in [6.45, 7) is 7.03. The minimum absolute atomic E-state index is 0.159.